The molecule has 2 aromatic rings. The summed E-state index contributed by atoms with van der Waals surface area (Å²) in [6.45, 7) is 8.32. The fraction of sp³-hybridized carbons (Fsp3) is 0.391. The highest BCUT2D eigenvalue weighted by molar-refractivity contribution is 6.07. The van der Waals surface area contributed by atoms with Crippen molar-refractivity contribution in [3.8, 4) is 0 Å². The Morgan fingerprint density at radius 3 is 2.55 bits per heavy atom. The van der Waals surface area contributed by atoms with Crippen LogP contribution in [0.15, 0.2) is 36.5 Å². The monoisotopic (exact) mass is 421 g/mol. The Balaban J connectivity index is 1.45. The Labute approximate surface area is 181 Å². The first-order chi connectivity index (χ1) is 14.7. The Bertz CT molecular complexity index is 1050. The molecule has 3 N–H and O–H groups in total. The van der Waals surface area contributed by atoms with Gasteiger partial charge < -0.3 is 15.5 Å². The van der Waals surface area contributed by atoms with Crippen LogP contribution >= 0.6 is 0 Å². The Kier molecular flexibility index (Phi) is 5.16. The lowest BCUT2D eigenvalue weighted by Gasteiger charge is -2.23. The highest BCUT2D eigenvalue weighted by Gasteiger charge is 2.43. The summed E-state index contributed by atoms with van der Waals surface area (Å²) in [5, 5.41) is 8.36. The number of likely N-dealkylation sites (tertiary alicyclic amines) is 1. The van der Waals surface area contributed by atoms with Crippen LogP contribution in [0.25, 0.3) is 0 Å². The quantitative estimate of drug-likeness (QED) is 0.658. The molecule has 31 heavy (non-hydrogen) atoms. The third kappa shape index (κ3) is 3.85. The SMILES string of the molecule is Cc1cnc(N[C@H]2C[C@@H](C)N(C(=O)c3ccc([C@@]4(C)NC(=O)NC4=O)cc3)C2)c(C)c1. The van der Waals surface area contributed by atoms with Crippen molar-refractivity contribution in [2.45, 2.75) is 51.7 Å². The van der Waals surface area contributed by atoms with Crippen LogP contribution in [-0.4, -0.2) is 46.4 Å². The van der Waals surface area contributed by atoms with Gasteiger partial charge in [-0.15, -0.1) is 0 Å². The molecule has 0 unspecified atom stereocenters. The number of benzene rings is 1. The number of aryl methyl sites for hydroxylation is 2. The average molecular weight is 422 g/mol. The first kappa shape index (κ1) is 20.8. The van der Waals surface area contributed by atoms with Gasteiger partial charge in [0.25, 0.3) is 11.8 Å². The number of anilines is 1. The Hall–Kier alpha value is -3.42. The van der Waals surface area contributed by atoms with Crippen LogP contribution in [0.4, 0.5) is 10.6 Å². The van der Waals surface area contributed by atoms with Crippen LogP contribution in [0.2, 0.25) is 0 Å². The highest BCUT2D eigenvalue weighted by atomic mass is 16.2. The minimum atomic E-state index is -1.13. The van der Waals surface area contributed by atoms with E-state index < -0.39 is 17.5 Å². The van der Waals surface area contributed by atoms with E-state index in [0.717, 1.165) is 23.4 Å². The third-order valence-corrected chi connectivity index (χ3v) is 6.15. The summed E-state index contributed by atoms with van der Waals surface area (Å²) < 4.78 is 0. The van der Waals surface area contributed by atoms with Gasteiger partial charge in [0.1, 0.15) is 11.4 Å². The van der Waals surface area contributed by atoms with Crippen molar-refractivity contribution in [1.29, 1.82) is 0 Å². The smallest absolute Gasteiger partial charge is 0.322 e. The number of amides is 4. The van der Waals surface area contributed by atoms with Crippen molar-refractivity contribution in [3.05, 3.63) is 58.8 Å². The molecule has 8 heteroatoms. The van der Waals surface area contributed by atoms with Gasteiger partial charge in [0.15, 0.2) is 0 Å². The molecular formula is C23H27N5O3. The second kappa shape index (κ2) is 7.68. The fourth-order valence-corrected chi connectivity index (χ4v) is 4.34. The van der Waals surface area contributed by atoms with Crippen molar-refractivity contribution in [2.75, 3.05) is 11.9 Å². The number of nitrogens with zero attached hydrogens (tertiary/aromatic N) is 2. The number of rotatable bonds is 4. The van der Waals surface area contributed by atoms with E-state index in [4.69, 9.17) is 0 Å². The number of carbonyl (C=O) groups is 3. The zero-order valence-electron chi connectivity index (χ0n) is 18.2. The number of aromatic nitrogens is 1. The molecule has 0 aliphatic carbocycles. The van der Waals surface area contributed by atoms with Gasteiger partial charge in [-0.25, -0.2) is 9.78 Å². The standard InChI is InChI=1S/C23H27N5O3/c1-13-9-14(2)19(24-11-13)25-18-10-15(3)28(12-18)20(29)16-5-7-17(8-6-16)23(4)21(30)26-22(31)27-23/h5-9,11,15,18H,10,12H2,1-4H3,(H,24,25)(H2,26,27,30,31)/t15-,18+,23-/m1/s1. The molecule has 2 aliphatic heterocycles. The topological polar surface area (TPSA) is 103 Å². The maximum Gasteiger partial charge on any atom is 0.322 e. The molecule has 0 bridgehead atoms. The van der Waals surface area contributed by atoms with Crippen LogP contribution in [0.5, 0.6) is 0 Å². The van der Waals surface area contributed by atoms with Crippen molar-refractivity contribution < 1.29 is 14.4 Å². The number of nitrogens with one attached hydrogen (secondary N) is 3. The molecule has 0 saturated carbocycles. The zero-order valence-corrected chi connectivity index (χ0v) is 18.2. The van der Waals surface area contributed by atoms with Gasteiger partial charge in [0.2, 0.25) is 0 Å². The van der Waals surface area contributed by atoms with E-state index in [1.807, 2.05) is 31.9 Å². The van der Waals surface area contributed by atoms with Gasteiger partial charge in [0, 0.05) is 30.4 Å². The number of carbonyl (C=O) groups excluding carboxylic acids is 3. The number of urea groups is 1. The molecule has 2 aliphatic rings. The van der Waals surface area contributed by atoms with Crippen LogP contribution in [0.1, 0.15) is 47.3 Å². The maximum absolute atomic E-state index is 13.1. The van der Waals surface area contributed by atoms with E-state index in [0.29, 0.717) is 17.7 Å². The summed E-state index contributed by atoms with van der Waals surface area (Å²) in [6.07, 6.45) is 2.68. The van der Waals surface area contributed by atoms with Crippen molar-refractivity contribution in [2.24, 2.45) is 0 Å². The summed E-state index contributed by atoms with van der Waals surface area (Å²) in [5.41, 5.74) is 2.25. The number of pyridine rings is 1. The summed E-state index contributed by atoms with van der Waals surface area (Å²) in [4.78, 5) is 43.1. The Morgan fingerprint density at radius 1 is 1.23 bits per heavy atom. The summed E-state index contributed by atoms with van der Waals surface area (Å²) in [7, 11) is 0. The van der Waals surface area contributed by atoms with E-state index in [-0.39, 0.29) is 18.0 Å². The van der Waals surface area contributed by atoms with Crippen molar-refractivity contribution in [3.63, 3.8) is 0 Å². The number of imide groups is 1. The molecule has 3 heterocycles. The predicted octanol–water partition coefficient (Wildman–Crippen LogP) is 2.47. The largest absolute Gasteiger partial charge is 0.365 e. The molecule has 3 atom stereocenters. The summed E-state index contributed by atoms with van der Waals surface area (Å²) >= 11 is 0. The lowest BCUT2D eigenvalue weighted by Crippen LogP contribution is -2.40. The molecule has 0 spiro atoms. The molecule has 162 valence electrons. The normalized spacial score (nSPS) is 25.4. The van der Waals surface area contributed by atoms with E-state index >= 15 is 0 Å². The Morgan fingerprint density at radius 2 is 1.94 bits per heavy atom. The average Bonchev–Trinajstić information content (AvgIpc) is 3.22. The van der Waals surface area contributed by atoms with Gasteiger partial charge >= 0.3 is 6.03 Å². The van der Waals surface area contributed by atoms with Gasteiger partial charge in [-0.1, -0.05) is 18.2 Å². The molecule has 2 fully saturated rings. The molecule has 0 radical (unpaired) electrons. The lowest BCUT2D eigenvalue weighted by molar-refractivity contribution is -0.123. The molecule has 1 aromatic heterocycles. The number of hydrogen-bond donors (Lipinski definition) is 3. The fourth-order valence-electron chi connectivity index (χ4n) is 4.34. The molecule has 4 amide bonds. The maximum atomic E-state index is 13.1. The summed E-state index contributed by atoms with van der Waals surface area (Å²) in [5.74, 6) is 0.396. The molecule has 8 nitrogen and oxygen atoms in total. The van der Waals surface area contributed by atoms with Crippen LogP contribution in [0, 0.1) is 13.8 Å². The van der Waals surface area contributed by atoms with Gasteiger partial charge in [0.05, 0.1) is 0 Å². The summed E-state index contributed by atoms with van der Waals surface area (Å²) in [6, 6.07) is 8.64. The van der Waals surface area contributed by atoms with E-state index in [1.165, 1.54) is 0 Å². The minimum Gasteiger partial charge on any atom is -0.365 e. The zero-order chi connectivity index (χ0) is 22.3. The molecule has 4 rings (SSSR count). The minimum absolute atomic E-state index is 0.0537. The third-order valence-electron chi connectivity index (χ3n) is 6.15. The van der Waals surface area contributed by atoms with E-state index in [2.05, 4.69) is 27.0 Å². The lowest BCUT2D eigenvalue weighted by atomic mass is 9.91. The first-order valence-corrected chi connectivity index (χ1v) is 10.4. The van der Waals surface area contributed by atoms with Crippen molar-refractivity contribution in [1.82, 2.24) is 20.5 Å². The van der Waals surface area contributed by atoms with E-state index in [1.54, 1.807) is 31.2 Å². The molecular weight excluding hydrogens is 394 g/mol. The first-order valence-electron chi connectivity index (χ1n) is 10.4. The second-order valence-corrected chi connectivity index (χ2v) is 8.67. The van der Waals surface area contributed by atoms with Gasteiger partial charge in [-0.2, -0.15) is 0 Å². The van der Waals surface area contributed by atoms with Crippen LogP contribution < -0.4 is 16.0 Å². The van der Waals surface area contributed by atoms with Crippen molar-refractivity contribution >= 4 is 23.7 Å². The molecule has 2 saturated heterocycles. The van der Waals surface area contributed by atoms with Crippen LogP contribution in [-0.2, 0) is 10.3 Å². The van der Waals surface area contributed by atoms with Gasteiger partial charge in [-0.3, -0.25) is 14.9 Å². The van der Waals surface area contributed by atoms with Crippen LogP contribution in [0.3, 0.4) is 0 Å². The van der Waals surface area contributed by atoms with Gasteiger partial charge in [-0.05, 0) is 62.9 Å². The second-order valence-electron chi connectivity index (χ2n) is 8.67. The predicted molar refractivity (Wildman–Crippen MR) is 117 cm³/mol. The molecule has 1 aromatic carbocycles. The highest BCUT2D eigenvalue weighted by Crippen LogP contribution is 2.27. The number of hydrogen-bond acceptors (Lipinski definition) is 5. The van der Waals surface area contributed by atoms with E-state index in [9.17, 15) is 14.4 Å².